The molecule has 0 atom stereocenters. The van der Waals surface area contributed by atoms with Gasteiger partial charge in [0.2, 0.25) is 0 Å². The molecule has 0 radical (unpaired) electrons. The molecule has 10 heavy (non-hydrogen) atoms. The van der Waals surface area contributed by atoms with Crippen LogP contribution in [-0.2, 0) is 0 Å². The number of hydrogen-bond acceptors (Lipinski definition) is 1. The maximum atomic E-state index is 10.5. The van der Waals surface area contributed by atoms with Crippen LogP contribution in [0.5, 0.6) is 0 Å². The van der Waals surface area contributed by atoms with Crippen molar-refractivity contribution >= 4 is 0 Å². The molecular weight excluding hydrogens is 126 g/mol. The monoisotopic (exact) mass is 133 g/mol. The topological polar surface area (TPSA) is 26.9 Å². The first kappa shape index (κ1) is 6.63. The highest BCUT2D eigenvalue weighted by Gasteiger charge is 1.87. The van der Waals surface area contributed by atoms with Crippen LogP contribution in [0.25, 0.3) is 0 Å². The van der Waals surface area contributed by atoms with Gasteiger partial charge in [-0.15, -0.1) is 5.92 Å². The molecule has 0 unspecified atom stereocenters. The third-order valence-corrected chi connectivity index (χ3v) is 1.07. The molecule has 0 saturated heterocycles. The highest BCUT2D eigenvalue weighted by atomic mass is 16.5. The predicted octanol–water partition coefficient (Wildman–Crippen LogP) is 0.691. The van der Waals surface area contributed by atoms with Crippen LogP contribution in [0.2, 0.25) is 0 Å². The van der Waals surface area contributed by atoms with Crippen molar-refractivity contribution in [1.82, 2.24) is 0 Å². The van der Waals surface area contributed by atoms with E-state index in [9.17, 15) is 5.21 Å². The van der Waals surface area contributed by atoms with Gasteiger partial charge in [-0.3, -0.25) is 0 Å². The van der Waals surface area contributed by atoms with Gasteiger partial charge in [0.25, 0.3) is 0 Å². The van der Waals surface area contributed by atoms with Crippen LogP contribution < -0.4 is 4.73 Å². The Balaban J connectivity index is 2.97. The van der Waals surface area contributed by atoms with E-state index in [-0.39, 0.29) is 0 Å². The summed E-state index contributed by atoms with van der Waals surface area (Å²) in [7, 11) is 0. The molecule has 0 amide bonds. The summed E-state index contributed by atoms with van der Waals surface area (Å²) in [5, 5.41) is 10.5. The van der Waals surface area contributed by atoms with Gasteiger partial charge < -0.3 is 5.21 Å². The van der Waals surface area contributed by atoms with Crippen LogP contribution in [0.3, 0.4) is 0 Å². The van der Waals surface area contributed by atoms with Crippen molar-refractivity contribution in [2.24, 2.45) is 0 Å². The third kappa shape index (κ3) is 1.49. The molecule has 1 aromatic heterocycles. The number of pyridine rings is 1. The van der Waals surface area contributed by atoms with Gasteiger partial charge >= 0.3 is 0 Å². The molecule has 0 N–H and O–H groups in total. The molecule has 0 fully saturated rings. The van der Waals surface area contributed by atoms with Gasteiger partial charge in [0.05, 0.1) is 0 Å². The first-order chi connectivity index (χ1) is 4.83. The van der Waals surface area contributed by atoms with Gasteiger partial charge in [-0.25, -0.2) is 0 Å². The van der Waals surface area contributed by atoms with Crippen LogP contribution in [0, 0.1) is 17.0 Å². The molecule has 1 aromatic rings. The second-order valence-electron chi connectivity index (χ2n) is 1.82. The zero-order chi connectivity index (χ0) is 7.40. The molecule has 0 aliphatic rings. The van der Waals surface area contributed by atoms with Gasteiger partial charge in [-0.05, 0) is 6.92 Å². The second-order valence-corrected chi connectivity index (χ2v) is 1.82. The Morgan fingerprint density at radius 2 is 2.00 bits per heavy atom. The summed E-state index contributed by atoms with van der Waals surface area (Å²) in [6, 6.07) is 3.37. The first-order valence-corrected chi connectivity index (χ1v) is 2.94. The molecule has 2 heteroatoms. The van der Waals surface area contributed by atoms with E-state index in [1.54, 1.807) is 19.1 Å². The van der Waals surface area contributed by atoms with Crippen molar-refractivity contribution in [3.63, 3.8) is 0 Å². The van der Waals surface area contributed by atoms with Crippen molar-refractivity contribution in [1.29, 1.82) is 0 Å². The van der Waals surface area contributed by atoms with Gasteiger partial charge in [0, 0.05) is 17.7 Å². The van der Waals surface area contributed by atoms with Gasteiger partial charge in [-0.2, -0.15) is 4.73 Å². The van der Waals surface area contributed by atoms with Crippen LogP contribution >= 0.6 is 0 Å². The maximum Gasteiger partial charge on any atom is 0.181 e. The van der Waals surface area contributed by atoms with Gasteiger partial charge in [-0.1, -0.05) is 5.92 Å². The molecule has 0 bridgehead atoms. The summed E-state index contributed by atoms with van der Waals surface area (Å²) < 4.78 is 0.737. The first-order valence-electron chi connectivity index (χ1n) is 2.94. The highest BCUT2D eigenvalue weighted by molar-refractivity contribution is 5.30. The SMILES string of the molecule is CC#Cc1cc[n+]([O-])cc1. The summed E-state index contributed by atoms with van der Waals surface area (Å²) in [6.07, 6.45) is 2.86. The van der Waals surface area contributed by atoms with Crippen molar-refractivity contribution < 1.29 is 4.73 Å². The lowest BCUT2D eigenvalue weighted by atomic mass is 10.3. The minimum Gasteiger partial charge on any atom is -0.619 e. The molecule has 0 spiro atoms. The fourth-order valence-corrected chi connectivity index (χ4v) is 0.640. The van der Waals surface area contributed by atoms with E-state index in [1.807, 2.05) is 0 Å². The average Bonchev–Trinajstić information content (AvgIpc) is 1.95. The summed E-state index contributed by atoms with van der Waals surface area (Å²) in [5.74, 6) is 5.57. The van der Waals surface area contributed by atoms with E-state index in [4.69, 9.17) is 0 Å². The fourth-order valence-electron chi connectivity index (χ4n) is 0.640. The maximum absolute atomic E-state index is 10.5. The lowest BCUT2D eigenvalue weighted by Crippen LogP contribution is -2.23. The quantitative estimate of drug-likeness (QED) is 0.290. The largest absolute Gasteiger partial charge is 0.619 e. The second kappa shape index (κ2) is 2.88. The molecule has 2 nitrogen and oxygen atoms in total. The Bertz CT molecular complexity index is 266. The smallest absolute Gasteiger partial charge is 0.181 e. The summed E-state index contributed by atoms with van der Waals surface area (Å²) in [4.78, 5) is 0. The summed E-state index contributed by atoms with van der Waals surface area (Å²) in [6.45, 7) is 1.76. The molecule has 1 heterocycles. The van der Waals surface area contributed by atoms with E-state index in [0.29, 0.717) is 0 Å². The standard InChI is InChI=1S/C8H7NO/c1-2-3-8-4-6-9(10)7-5-8/h4-7H,1H3. The van der Waals surface area contributed by atoms with E-state index in [1.165, 1.54) is 12.4 Å². The molecular formula is C8H7NO. The van der Waals surface area contributed by atoms with Gasteiger partial charge in [0.15, 0.2) is 12.4 Å². The Labute approximate surface area is 59.7 Å². The Morgan fingerprint density at radius 3 is 2.50 bits per heavy atom. The van der Waals surface area contributed by atoms with Crippen LogP contribution in [0.1, 0.15) is 12.5 Å². The van der Waals surface area contributed by atoms with Crippen molar-refractivity contribution in [3.8, 4) is 11.8 Å². The van der Waals surface area contributed by atoms with E-state index < -0.39 is 0 Å². The molecule has 0 saturated carbocycles. The zero-order valence-corrected chi connectivity index (χ0v) is 5.66. The highest BCUT2D eigenvalue weighted by Crippen LogP contribution is 1.89. The third-order valence-electron chi connectivity index (χ3n) is 1.07. The molecule has 50 valence electrons. The molecule has 0 aliphatic carbocycles. The Hall–Kier alpha value is -1.49. The minimum absolute atomic E-state index is 0.737. The van der Waals surface area contributed by atoms with E-state index in [2.05, 4.69) is 11.8 Å². The van der Waals surface area contributed by atoms with Crippen LogP contribution in [-0.4, -0.2) is 0 Å². The van der Waals surface area contributed by atoms with Crippen molar-refractivity contribution in [3.05, 3.63) is 35.3 Å². The van der Waals surface area contributed by atoms with Crippen molar-refractivity contribution in [2.45, 2.75) is 6.92 Å². The zero-order valence-electron chi connectivity index (χ0n) is 5.66. The lowest BCUT2D eigenvalue weighted by Gasteiger charge is -1.92. The normalized spacial score (nSPS) is 8.10. The molecule has 0 aromatic carbocycles. The van der Waals surface area contributed by atoms with Gasteiger partial charge in [0.1, 0.15) is 0 Å². The number of nitrogens with zero attached hydrogens (tertiary/aromatic N) is 1. The van der Waals surface area contributed by atoms with Crippen LogP contribution in [0.15, 0.2) is 24.5 Å². The Morgan fingerprint density at radius 1 is 1.40 bits per heavy atom. The number of rotatable bonds is 0. The lowest BCUT2D eigenvalue weighted by molar-refractivity contribution is -0.605. The summed E-state index contributed by atoms with van der Waals surface area (Å²) >= 11 is 0. The number of hydrogen-bond donors (Lipinski definition) is 0. The molecule has 0 aliphatic heterocycles. The average molecular weight is 133 g/mol. The number of aromatic nitrogens is 1. The van der Waals surface area contributed by atoms with E-state index in [0.717, 1.165) is 10.3 Å². The minimum atomic E-state index is 0.737. The van der Waals surface area contributed by atoms with E-state index >= 15 is 0 Å². The van der Waals surface area contributed by atoms with Crippen molar-refractivity contribution in [2.75, 3.05) is 0 Å². The summed E-state index contributed by atoms with van der Waals surface area (Å²) in [5.41, 5.74) is 0.870. The fraction of sp³-hybridized carbons (Fsp3) is 0.125. The Kier molecular flexibility index (Phi) is 1.91. The predicted molar refractivity (Wildman–Crippen MR) is 38.0 cm³/mol. The molecule has 1 rings (SSSR count). The van der Waals surface area contributed by atoms with Crippen LogP contribution in [0.4, 0.5) is 0 Å².